The average Bonchev–Trinajstić information content (AvgIpc) is 3.47. The molecule has 0 saturated carbocycles. The van der Waals surface area contributed by atoms with Gasteiger partial charge in [0.25, 0.3) is 0 Å². The van der Waals surface area contributed by atoms with Gasteiger partial charge in [0, 0.05) is 32.6 Å². The van der Waals surface area contributed by atoms with E-state index in [0.717, 1.165) is 28.9 Å². The monoisotopic (exact) mass is 446 g/mol. The molecule has 1 aromatic carbocycles. The zero-order valence-electron chi connectivity index (χ0n) is 17.5. The Kier molecular flexibility index (Phi) is 6.17. The van der Waals surface area contributed by atoms with Crippen molar-refractivity contribution in [3.05, 3.63) is 35.4 Å². The summed E-state index contributed by atoms with van der Waals surface area (Å²) < 4.78 is 5.48. The molecule has 0 aliphatic carbocycles. The Morgan fingerprint density at radius 2 is 1.62 bits per heavy atom. The molecule has 11 nitrogen and oxygen atoms in total. The zero-order chi connectivity index (χ0) is 22.8. The molecule has 3 aliphatic rings. The van der Waals surface area contributed by atoms with Gasteiger partial charge in [-0.15, -0.1) is 0 Å². The van der Waals surface area contributed by atoms with E-state index in [1.54, 1.807) is 0 Å². The first kappa shape index (κ1) is 21.9. The summed E-state index contributed by atoms with van der Waals surface area (Å²) >= 11 is 0. The van der Waals surface area contributed by atoms with Crippen molar-refractivity contribution in [2.45, 2.75) is 44.5 Å². The van der Waals surface area contributed by atoms with Crippen LogP contribution in [0, 0.1) is 5.92 Å². The minimum atomic E-state index is -1.40. The van der Waals surface area contributed by atoms with Gasteiger partial charge < -0.3 is 19.6 Å². The molecule has 3 atom stereocenters. The molecule has 0 aromatic heterocycles. The quantitative estimate of drug-likeness (QED) is 0.465. The van der Waals surface area contributed by atoms with E-state index in [9.17, 15) is 29.5 Å². The van der Waals surface area contributed by atoms with Crippen molar-refractivity contribution >= 4 is 24.0 Å². The highest BCUT2D eigenvalue weighted by atomic mass is 16.6. The van der Waals surface area contributed by atoms with E-state index in [-0.39, 0.29) is 13.0 Å². The van der Waals surface area contributed by atoms with Gasteiger partial charge >= 0.3 is 12.2 Å². The van der Waals surface area contributed by atoms with Gasteiger partial charge in [-0.1, -0.05) is 24.3 Å². The minimum absolute atomic E-state index is 0.0764. The molecule has 1 aromatic rings. The van der Waals surface area contributed by atoms with E-state index in [0.29, 0.717) is 26.2 Å². The number of amides is 4. The number of nitrogens with zero attached hydrogens (tertiary/aromatic N) is 3. The van der Waals surface area contributed by atoms with Gasteiger partial charge in [-0.05, 0) is 24.0 Å². The number of carbonyl (C=O) groups is 4. The summed E-state index contributed by atoms with van der Waals surface area (Å²) in [4.78, 5) is 54.2. The maximum atomic E-state index is 13.4. The lowest BCUT2D eigenvalue weighted by atomic mass is 9.86. The van der Waals surface area contributed by atoms with Crippen LogP contribution in [0.3, 0.4) is 0 Å². The van der Waals surface area contributed by atoms with Gasteiger partial charge in [-0.25, -0.2) is 15.1 Å². The van der Waals surface area contributed by atoms with Gasteiger partial charge in [0.05, 0.1) is 12.5 Å². The molecular weight excluding hydrogens is 420 g/mol. The fraction of sp³-hybridized carbons (Fsp3) is 0.524. The lowest BCUT2D eigenvalue weighted by Crippen LogP contribution is -2.62. The van der Waals surface area contributed by atoms with Crippen LogP contribution in [-0.2, 0) is 27.4 Å². The number of ether oxygens (including phenoxy) is 1. The number of hydrogen-bond donors (Lipinski definition) is 3. The Labute approximate surface area is 184 Å². The van der Waals surface area contributed by atoms with E-state index in [1.165, 1.54) is 15.3 Å². The fourth-order valence-electron chi connectivity index (χ4n) is 4.75. The number of benzene rings is 1. The minimum Gasteiger partial charge on any atom is -0.465 e. The topological polar surface area (TPSA) is 140 Å². The van der Waals surface area contributed by atoms with Gasteiger partial charge in [0.1, 0.15) is 12.1 Å². The van der Waals surface area contributed by atoms with E-state index < -0.39 is 42.1 Å². The molecule has 2 saturated heterocycles. The lowest BCUT2D eigenvalue weighted by molar-refractivity contribution is -0.151. The largest absolute Gasteiger partial charge is 0.465 e. The van der Waals surface area contributed by atoms with Crippen molar-refractivity contribution in [3.8, 4) is 0 Å². The standard InChI is InChI=1S/C21H26N4O7/c26-18(22-31)16-9-15(32-21(30)23-7-3-4-8-23)12-25(20(28)29)17(16)19(27)24-10-13-5-1-2-6-14(13)11-24/h1-2,5-6,15-17,31H,3-4,7-12H2,(H,22,26)(H,28,29)/t15-,16-,17-/m0/s1. The Bertz CT molecular complexity index is 892. The van der Waals surface area contributed by atoms with Crippen molar-refractivity contribution in [3.63, 3.8) is 0 Å². The summed E-state index contributed by atoms with van der Waals surface area (Å²) in [6.45, 7) is 1.50. The predicted octanol–water partition coefficient (Wildman–Crippen LogP) is 1.00. The van der Waals surface area contributed by atoms with Crippen LogP contribution >= 0.6 is 0 Å². The number of nitrogens with one attached hydrogen (secondary N) is 1. The Morgan fingerprint density at radius 1 is 1.00 bits per heavy atom. The summed E-state index contributed by atoms with van der Waals surface area (Å²) in [5, 5.41) is 19.1. The molecule has 4 amide bonds. The number of carbonyl (C=O) groups excluding carboxylic acids is 3. The van der Waals surface area contributed by atoms with Gasteiger partial charge in [-0.3, -0.25) is 19.7 Å². The molecule has 4 rings (SSSR count). The molecule has 11 heteroatoms. The van der Waals surface area contributed by atoms with Gasteiger partial charge in [0.15, 0.2) is 0 Å². The average molecular weight is 446 g/mol. The second-order valence-electron chi connectivity index (χ2n) is 8.36. The summed E-state index contributed by atoms with van der Waals surface area (Å²) in [6.07, 6.45) is -1.23. The summed E-state index contributed by atoms with van der Waals surface area (Å²) in [7, 11) is 0. The smallest absolute Gasteiger partial charge is 0.410 e. The first-order valence-corrected chi connectivity index (χ1v) is 10.6. The first-order valence-electron chi connectivity index (χ1n) is 10.6. The number of rotatable bonds is 3. The number of carboxylic acid groups (broad SMARTS) is 1. The van der Waals surface area contributed by atoms with Crippen LogP contribution < -0.4 is 5.48 Å². The van der Waals surface area contributed by atoms with E-state index in [2.05, 4.69) is 0 Å². The van der Waals surface area contributed by atoms with Crippen LogP contribution in [0.25, 0.3) is 0 Å². The van der Waals surface area contributed by atoms with Gasteiger partial charge in [-0.2, -0.15) is 0 Å². The third-order valence-electron chi connectivity index (χ3n) is 6.36. The highest BCUT2D eigenvalue weighted by molar-refractivity contribution is 5.92. The number of likely N-dealkylation sites (tertiary alicyclic amines) is 2. The summed E-state index contributed by atoms with van der Waals surface area (Å²) in [5.74, 6) is -2.63. The maximum Gasteiger partial charge on any atom is 0.410 e. The van der Waals surface area contributed by atoms with E-state index in [1.807, 2.05) is 24.3 Å². The zero-order valence-corrected chi connectivity index (χ0v) is 17.5. The van der Waals surface area contributed by atoms with Crippen molar-refractivity contribution in [2.24, 2.45) is 5.92 Å². The molecule has 2 fully saturated rings. The second-order valence-corrected chi connectivity index (χ2v) is 8.36. The second kappa shape index (κ2) is 9.03. The highest BCUT2D eigenvalue weighted by Crippen LogP contribution is 2.31. The van der Waals surface area contributed by atoms with Crippen LogP contribution in [0.5, 0.6) is 0 Å². The Morgan fingerprint density at radius 3 is 2.19 bits per heavy atom. The number of fused-ring (bicyclic) bond motifs is 1. The number of hydroxylamine groups is 1. The van der Waals surface area contributed by atoms with Crippen LogP contribution in [0.15, 0.2) is 24.3 Å². The maximum absolute atomic E-state index is 13.4. The van der Waals surface area contributed by atoms with Gasteiger partial charge in [0.2, 0.25) is 11.8 Å². The fourth-order valence-corrected chi connectivity index (χ4v) is 4.75. The number of hydrogen-bond acceptors (Lipinski definition) is 6. The molecule has 0 bridgehead atoms. The van der Waals surface area contributed by atoms with Crippen molar-refractivity contribution < 1.29 is 34.2 Å². The lowest BCUT2D eigenvalue weighted by Gasteiger charge is -2.42. The van der Waals surface area contributed by atoms with Crippen LogP contribution in [-0.4, -0.2) is 80.8 Å². The summed E-state index contributed by atoms with van der Waals surface area (Å²) in [5.41, 5.74) is 3.45. The molecule has 3 heterocycles. The molecule has 0 radical (unpaired) electrons. The van der Waals surface area contributed by atoms with Crippen LogP contribution in [0.2, 0.25) is 0 Å². The molecule has 0 spiro atoms. The van der Waals surface area contributed by atoms with Crippen molar-refractivity contribution in [1.82, 2.24) is 20.2 Å². The van der Waals surface area contributed by atoms with Crippen molar-refractivity contribution in [1.29, 1.82) is 0 Å². The Hall–Kier alpha value is -3.34. The normalized spacial score (nSPS) is 24.8. The first-order chi connectivity index (χ1) is 15.4. The Balaban J connectivity index is 1.54. The molecular formula is C21H26N4O7. The number of piperidine rings is 1. The van der Waals surface area contributed by atoms with Crippen LogP contribution in [0.4, 0.5) is 9.59 Å². The third-order valence-corrected chi connectivity index (χ3v) is 6.36. The SMILES string of the molecule is O=C(NO)[C@H]1C[C@H](OC(=O)N2CCCC2)CN(C(=O)O)[C@@H]1C(=O)N1Cc2ccccc2C1. The van der Waals surface area contributed by atoms with E-state index in [4.69, 9.17) is 4.74 Å². The molecule has 3 N–H and O–H groups in total. The third kappa shape index (κ3) is 4.20. The molecule has 32 heavy (non-hydrogen) atoms. The van der Waals surface area contributed by atoms with Crippen LogP contribution in [0.1, 0.15) is 30.4 Å². The molecule has 3 aliphatic heterocycles. The highest BCUT2D eigenvalue weighted by Gasteiger charge is 2.49. The molecule has 0 unspecified atom stereocenters. The van der Waals surface area contributed by atoms with Crippen molar-refractivity contribution in [2.75, 3.05) is 19.6 Å². The predicted molar refractivity (Wildman–Crippen MR) is 108 cm³/mol. The van der Waals surface area contributed by atoms with E-state index >= 15 is 0 Å². The molecule has 172 valence electrons. The summed E-state index contributed by atoms with van der Waals surface area (Å²) in [6, 6.07) is 6.17.